The number of amides is 2. The number of nitrogens with zero attached hydrogens (tertiary/aromatic N) is 1. The van der Waals surface area contributed by atoms with E-state index < -0.39 is 0 Å². The third-order valence-electron chi connectivity index (χ3n) is 4.78. The zero-order valence-corrected chi connectivity index (χ0v) is 17.8. The lowest BCUT2D eigenvalue weighted by atomic mass is 9.97. The quantitative estimate of drug-likeness (QED) is 0.618. The predicted octanol–water partition coefficient (Wildman–Crippen LogP) is 3.28. The molecule has 1 heterocycles. The van der Waals surface area contributed by atoms with Crippen LogP contribution in [0.5, 0.6) is 0 Å². The standard InChI is InChI=1S/C21H26N4O2.2ClH/c22-21(27)17-5-4-12-25(15-17)14-16-8-10-19(11-9-16)24-20(26)13-23-18-6-2-1-3-7-18;;/h1-3,6-11,17,23H,4-5,12-15H2,(H2,22,27)(H,24,26);2*1H. The van der Waals surface area contributed by atoms with E-state index in [-0.39, 0.29) is 49.1 Å². The normalized spacial score (nSPS) is 16.1. The van der Waals surface area contributed by atoms with Crippen molar-refractivity contribution in [2.75, 3.05) is 30.3 Å². The predicted molar refractivity (Wildman–Crippen MR) is 122 cm³/mol. The fourth-order valence-electron chi connectivity index (χ4n) is 3.33. The maximum Gasteiger partial charge on any atom is 0.243 e. The van der Waals surface area contributed by atoms with Crippen molar-refractivity contribution in [1.82, 2.24) is 4.90 Å². The summed E-state index contributed by atoms with van der Waals surface area (Å²) < 4.78 is 0. The molecule has 0 aromatic heterocycles. The van der Waals surface area contributed by atoms with Crippen molar-refractivity contribution in [3.05, 3.63) is 60.2 Å². The lowest BCUT2D eigenvalue weighted by molar-refractivity contribution is -0.123. The minimum atomic E-state index is -0.207. The fourth-order valence-corrected chi connectivity index (χ4v) is 3.33. The molecule has 1 unspecified atom stereocenters. The molecule has 4 N–H and O–H groups in total. The van der Waals surface area contributed by atoms with Gasteiger partial charge in [0.05, 0.1) is 12.5 Å². The van der Waals surface area contributed by atoms with Crippen LogP contribution in [0.15, 0.2) is 54.6 Å². The molecule has 0 aliphatic carbocycles. The second-order valence-electron chi connectivity index (χ2n) is 6.94. The van der Waals surface area contributed by atoms with Crippen molar-refractivity contribution < 1.29 is 9.59 Å². The van der Waals surface area contributed by atoms with Gasteiger partial charge in [-0.25, -0.2) is 0 Å². The largest absolute Gasteiger partial charge is 0.376 e. The number of carbonyl (C=O) groups excluding carboxylic acids is 2. The number of hydrogen-bond donors (Lipinski definition) is 3. The van der Waals surface area contributed by atoms with Crippen molar-refractivity contribution in [2.45, 2.75) is 19.4 Å². The second kappa shape index (κ2) is 12.3. The van der Waals surface area contributed by atoms with Gasteiger partial charge in [-0.3, -0.25) is 14.5 Å². The Hall–Kier alpha value is -2.28. The molecule has 1 saturated heterocycles. The van der Waals surface area contributed by atoms with Crippen LogP contribution in [0.3, 0.4) is 0 Å². The van der Waals surface area contributed by atoms with Crippen molar-refractivity contribution in [3.63, 3.8) is 0 Å². The third-order valence-corrected chi connectivity index (χ3v) is 4.78. The van der Waals surface area contributed by atoms with Gasteiger partial charge in [0.25, 0.3) is 0 Å². The van der Waals surface area contributed by atoms with E-state index in [2.05, 4.69) is 15.5 Å². The lowest BCUT2D eigenvalue weighted by Gasteiger charge is -2.31. The van der Waals surface area contributed by atoms with Crippen molar-refractivity contribution >= 4 is 48.0 Å². The van der Waals surface area contributed by atoms with Gasteiger partial charge in [-0.2, -0.15) is 0 Å². The number of primary amides is 1. The summed E-state index contributed by atoms with van der Waals surface area (Å²) in [5.41, 5.74) is 8.28. The van der Waals surface area contributed by atoms with Gasteiger partial charge in [0, 0.05) is 24.5 Å². The first kappa shape index (κ1) is 24.8. The molecule has 0 saturated carbocycles. The molecule has 158 valence electrons. The molecule has 2 aromatic rings. The Morgan fingerprint density at radius 3 is 2.34 bits per heavy atom. The fraction of sp³-hybridized carbons (Fsp3) is 0.333. The summed E-state index contributed by atoms with van der Waals surface area (Å²) in [6.07, 6.45) is 1.88. The van der Waals surface area contributed by atoms with Crippen LogP contribution in [0.4, 0.5) is 11.4 Å². The number of nitrogens with one attached hydrogen (secondary N) is 2. The summed E-state index contributed by atoms with van der Waals surface area (Å²) in [4.78, 5) is 25.7. The lowest BCUT2D eigenvalue weighted by Crippen LogP contribution is -2.40. The average molecular weight is 439 g/mol. The third kappa shape index (κ3) is 7.93. The Labute approximate surface area is 184 Å². The Bertz CT molecular complexity index is 772. The van der Waals surface area contributed by atoms with E-state index in [0.717, 1.165) is 49.4 Å². The monoisotopic (exact) mass is 438 g/mol. The van der Waals surface area contributed by atoms with Crippen LogP contribution in [0.2, 0.25) is 0 Å². The van der Waals surface area contributed by atoms with E-state index in [9.17, 15) is 9.59 Å². The minimum absolute atomic E-state index is 0. The molecule has 1 aliphatic rings. The van der Waals surface area contributed by atoms with E-state index >= 15 is 0 Å². The summed E-state index contributed by atoms with van der Waals surface area (Å²) in [5, 5.41) is 5.98. The van der Waals surface area contributed by atoms with E-state index in [1.165, 1.54) is 0 Å². The highest BCUT2D eigenvalue weighted by Crippen LogP contribution is 2.19. The number of hydrogen-bond acceptors (Lipinski definition) is 4. The van der Waals surface area contributed by atoms with Gasteiger partial charge < -0.3 is 16.4 Å². The second-order valence-corrected chi connectivity index (χ2v) is 6.94. The van der Waals surface area contributed by atoms with Crippen LogP contribution in [-0.2, 0) is 16.1 Å². The molecule has 0 bridgehead atoms. The summed E-state index contributed by atoms with van der Waals surface area (Å²) >= 11 is 0. The van der Waals surface area contributed by atoms with E-state index in [1.54, 1.807) is 0 Å². The molecule has 1 aliphatic heterocycles. The first-order valence-electron chi connectivity index (χ1n) is 9.29. The Morgan fingerprint density at radius 2 is 1.69 bits per heavy atom. The molecule has 1 atom stereocenters. The number of anilines is 2. The molecule has 8 heteroatoms. The van der Waals surface area contributed by atoms with Crippen LogP contribution in [0.25, 0.3) is 0 Å². The zero-order valence-electron chi connectivity index (χ0n) is 16.2. The number of likely N-dealkylation sites (tertiary alicyclic amines) is 1. The Balaban J connectivity index is 0.00000210. The van der Waals surface area contributed by atoms with Gasteiger partial charge in [-0.1, -0.05) is 30.3 Å². The Morgan fingerprint density at radius 1 is 1.00 bits per heavy atom. The number of rotatable bonds is 7. The first-order chi connectivity index (χ1) is 13.1. The molecular weight excluding hydrogens is 411 g/mol. The number of carbonyl (C=O) groups is 2. The molecule has 0 radical (unpaired) electrons. The topological polar surface area (TPSA) is 87.5 Å². The SMILES string of the molecule is Cl.Cl.NC(=O)C1CCCN(Cc2ccc(NC(=O)CNc3ccccc3)cc2)C1. The van der Waals surface area contributed by atoms with E-state index in [0.29, 0.717) is 0 Å². The number of halogens is 2. The van der Waals surface area contributed by atoms with Crippen molar-refractivity contribution in [1.29, 1.82) is 0 Å². The molecule has 29 heavy (non-hydrogen) atoms. The number of para-hydroxylation sites is 1. The van der Waals surface area contributed by atoms with E-state index in [4.69, 9.17) is 5.73 Å². The van der Waals surface area contributed by atoms with Gasteiger partial charge in [-0.05, 0) is 49.2 Å². The highest BCUT2D eigenvalue weighted by molar-refractivity contribution is 5.93. The van der Waals surface area contributed by atoms with Gasteiger partial charge in [0.15, 0.2) is 0 Å². The molecule has 2 amide bonds. The summed E-state index contributed by atoms with van der Waals surface area (Å²) in [5.74, 6) is -0.344. The van der Waals surface area contributed by atoms with Crippen LogP contribution >= 0.6 is 24.8 Å². The van der Waals surface area contributed by atoms with Gasteiger partial charge in [0.1, 0.15) is 0 Å². The molecule has 1 fully saturated rings. The smallest absolute Gasteiger partial charge is 0.243 e. The molecule has 6 nitrogen and oxygen atoms in total. The van der Waals surface area contributed by atoms with Crippen molar-refractivity contribution in [3.8, 4) is 0 Å². The molecule has 2 aromatic carbocycles. The highest BCUT2D eigenvalue weighted by Gasteiger charge is 2.23. The summed E-state index contributed by atoms with van der Waals surface area (Å²) in [7, 11) is 0. The average Bonchev–Trinajstić information content (AvgIpc) is 2.69. The number of benzene rings is 2. The van der Waals surface area contributed by atoms with E-state index in [1.807, 2.05) is 54.6 Å². The first-order valence-corrected chi connectivity index (χ1v) is 9.29. The number of piperidine rings is 1. The summed E-state index contributed by atoms with van der Waals surface area (Å²) in [6.45, 7) is 2.70. The molecule has 0 spiro atoms. The zero-order chi connectivity index (χ0) is 19.1. The maximum atomic E-state index is 12.1. The molecular formula is C21H28Cl2N4O2. The van der Waals surface area contributed by atoms with Gasteiger partial charge in [-0.15, -0.1) is 24.8 Å². The van der Waals surface area contributed by atoms with Crippen LogP contribution in [-0.4, -0.2) is 36.3 Å². The van der Waals surface area contributed by atoms with Gasteiger partial charge >= 0.3 is 0 Å². The maximum absolute atomic E-state index is 12.1. The number of nitrogens with two attached hydrogens (primary N) is 1. The van der Waals surface area contributed by atoms with Crippen LogP contribution < -0.4 is 16.4 Å². The molecule has 3 rings (SSSR count). The highest BCUT2D eigenvalue weighted by atomic mass is 35.5. The van der Waals surface area contributed by atoms with Gasteiger partial charge in [0.2, 0.25) is 11.8 Å². The summed E-state index contributed by atoms with van der Waals surface area (Å²) in [6, 6.07) is 17.5. The Kier molecular flexibility index (Phi) is 10.5. The van der Waals surface area contributed by atoms with Crippen LogP contribution in [0.1, 0.15) is 18.4 Å². The minimum Gasteiger partial charge on any atom is -0.376 e. The van der Waals surface area contributed by atoms with Crippen LogP contribution in [0, 0.1) is 5.92 Å². The van der Waals surface area contributed by atoms with Crippen molar-refractivity contribution in [2.24, 2.45) is 11.7 Å².